The number of ether oxygens (including phenoxy) is 1. The van der Waals surface area contributed by atoms with Crippen molar-refractivity contribution in [2.24, 2.45) is 11.8 Å². The van der Waals surface area contributed by atoms with Crippen molar-refractivity contribution < 1.29 is 19.4 Å². The Hall–Kier alpha value is -1.26. The van der Waals surface area contributed by atoms with Gasteiger partial charge in [0.05, 0.1) is 12.0 Å². The summed E-state index contributed by atoms with van der Waals surface area (Å²) in [4.78, 5) is 23.8. The predicted octanol–water partition coefficient (Wildman–Crippen LogP) is 1.18. The van der Waals surface area contributed by atoms with E-state index in [9.17, 15) is 9.59 Å². The molecule has 1 rings (SSSR count). The molecule has 0 unspecified atom stereocenters. The molecule has 0 bridgehead atoms. The number of carboxylic acids is 1. The van der Waals surface area contributed by atoms with E-state index in [0.29, 0.717) is 6.54 Å². The van der Waals surface area contributed by atoms with E-state index >= 15 is 0 Å². The lowest BCUT2D eigenvalue weighted by molar-refractivity contribution is -0.142. The molecule has 0 aromatic rings. The van der Waals surface area contributed by atoms with E-state index in [-0.39, 0.29) is 18.6 Å². The highest BCUT2D eigenvalue weighted by Crippen LogP contribution is 2.23. The highest BCUT2D eigenvalue weighted by molar-refractivity contribution is 5.74. The summed E-state index contributed by atoms with van der Waals surface area (Å²) >= 11 is 0. The van der Waals surface area contributed by atoms with E-state index < -0.39 is 18.0 Å². The third-order valence-corrected chi connectivity index (χ3v) is 2.52. The predicted molar refractivity (Wildman–Crippen MR) is 53.5 cm³/mol. The number of carbonyl (C=O) groups is 2. The number of hydrogen-bond donors (Lipinski definition) is 1. The summed E-state index contributed by atoms with van der Waals surface area (Å²) in [7, 11) is 0. The molecule has 1 saturated heterocycles. The van der Waals surface area contributed by atoms with E-state index in [2.05, 4.69) is 0 Å². The first-order valence-electron chi connectivity index (χ1n) is 5.10. The molecule has 0 spiro atoms. The van der Waals surface area contributed by atoms with E-state index in [1.165, 1.54) is 4.90 Å². The quantitative estimate of drug-likeness (QED) is 0.751. The lowest BCUT2D eigenvalue weighted by atomic mass is 9.99. The molecule has 0 radical (unpaired) electrons. The van der Waals surface area contributed by atoms with Gasteiger partial charge in [-0.2, -0.15) is 0 Å². The van der Waals surface area contributed by atoms with E-state index in [4.69, 9.17) is 9.84 Å². The van der Waals surface area contributed by atoms with Crippen molar-refractivity contribution in [3.05, 3.63) is 0 Å². The molecule has 1 aliphatic rings. The minimum absolute atomic E-state index is 0.0118. The number of aliphatic carboxylic acids is 1. The second-order valence-corrected chi connectivity index (χ2v) is 4.26. The Morgan fingerprint density at radius 3 is 2.40 bits per heavy atom. The molecule has 2 atom stereocenters. The normalized spacial score (nSPS) is 25.7. The Labute approximate surface area is 89.0 Å². The number of amides is 1. The highest BCUT2D eigenvalue weighted by atomic mass is 16.6. The van der Waals surface area contributed by atoms with Crippen LogP contribution in [0.25, 0.3) is 0 Å². The first-order valence-corrected chi connectivity index (χ1v) is 5.10. The molecule has 1 amide bonds. The van der Waals surface area contributed by atoms with Gasteiger partial charge in [-0.15, -0.1) is 0 Å². The van der Waals surface area contributed by atoms with Crippen LogP contribution >= 0.6 is 0 Å². The monoisotopic (exact) mass is 215 g/mol. The smallest absolute Gasteiger partial charge is 0.410 e. The number of likely N-dealkylation sites (tertiary alicyclic amines) is 1. The molecule has 0 aromatic heterocycles. The van der Waals surface area contributed by atoms with Crippen LogP contribution in [-0.4, -0.2) is 41.3 Å². The Morgan fingerprint density at radius 1 is 1.40 bits per heavy atom. The molecular weight excluding hydrogens is 198 g/mol. The molecule has 15 heavy (non-hydrogen) atoms. The summed E-state index contributed by atoms with van der Waals surface area (Å²) in [5.41, 5.74) is 0. The summed E-state index contributed by atoms with van der Waals surface area (Å²) in [6.45, 7) is 6.09. The molecule has 0 aliphatic carbocycles. The summed E-state index contributed by atoms with van der Waals surface area (Å²) in [6.07, 6.45) is -0.586. The lowest BCUT2D eigenvalue weighted by Gasteiger charge is -2.17. The van der Waals surface area contributed by atoms with Crippen molar-refractivity contribution in [3.63, 3.8) is 0 Å². The third kappa shape index (κ3) is 2.84. The number of rotatable bonds is 2. The topological polar surface area (TPSA) is 66.8 Å². The third-order valence-electron chi connectivity index (χ3n) is 2.52. The minimum atomic E-state index is -0.845. The van der Waals surface area contributed by atoms with E-state index in [0.717, 1.165) is 0 Å². The van der Waals surface area contributed by atoms with Crippen LogP contribution in [-0.2, 0) is 9.53 Å². The van der Waals surface area contributed by atoms with Crippen molar-refractivity contribution in [1.82, 2.24) is 4.90 Å². The Balaban J connectivity index is 2.54. The number of hydrogen-bond acceptors (Lipinski definition) is 3. The molecule has 86 valence electrons. The summed E-state index contributed by atoms with van der Waals surface area (Å²) in [5.74, 6) is -1.32. The molecule has 1 aliphatic heterocycles. The van der Waals surface area contributed by atoms with E-state index in [1.54, 1.807) is 13.8 Å². The van der Waals surface area contributed by atoms with Crippen LogP contribution in [0.2, 0.25) is 0 Å². The fraction of sp³-hybridized carbons (Fsp3) is 0.800. The van der Waals surface area contributed by atoms with Crippen molar-refractivity contribution in [2.45, 2.75) is 26.9 Å². The number of carbonyl (C=O) groups excluding carboxylic acids is 1. The van der Waals surface area contributed by atoms with Crippen LogP contribution < -0.4 is 0 Å². The van der Waals surface area contributed by atoms with Crippen LogP contribution in [0.4, 0.5) is 4.79 Å². The maximum absolute atomic E-state index is 11.5. The SMILES string of the molecule is CC(C)OC(=O)N1C[C@@H](C)[C@H](C(=O)O)C1. The van der Waals surface area contributed by atoms with Crippen LogP contribution in [0, 0.1) is 11.8 Å². The average molecular weight is 215 g/mol. The van der Waals surface area contributed by atoms with Gasteiger partial charge in [0.2, 0.25) is 0 Å². The maximum atomic E-state index is 11.5. The van der Waals surface area contributed by atoms with Crippen molar-refractivity contribution in [2.75, 3.05) is 13.1 Å². The maximum Gasteiger partial charge on any atom is 0.410 e. The van der Waals surface area contributed by atoms with Gasteiger partial charge in [0, 0.05) is 13.1 Å². The number of carboxylic acid groups (broad SMARTS) is 1. The van der Waals surface area contributed by atoms with Crippen molar-refractivity contribution in [1.29, 1.82) is 0 Å². The van der Waals surface area contributed by atoms with Crippen LogP contribution in [0.3, 0.4) is 0 Å². The molecule has 1 N–H and O–H groups in total. The molecule has 5 heteroatoms. The summed E-state index contributed by atoms with van der Waals surface area (Å²) in [6, 6.07) is 0. The minimum Gasteiger partial charge on any atom is -0.481 e. The molecule has 1 heterocycles. The Kier molecular flexibility index (Phi) is 3.55. The summed E-state index contributed by atoms with van der Waals surface area (Å²) in [5, 5.41) is 8.89. The largest absolute Gasteiger partial charge is 0.481 e. The van der Waals surface area contributed by atoms with Crippen LogP contribution in [0.5, 0.6) is 0 Å². The van der Waals surface area contributed by atoms with E-state index in [1.807, 2.05) is 6.92 Å². The lowest BCUT2D eigenvalue weighted by Crippen LogP contribution is -2.32. The van der Waals surface area contributed by atoms with Crippen molar-refractivity contribution >= 4 is 12.1 Å². The second kappa shape index (κ2) is 4.51. The second-order valence-electron chi connectivity index (χ2n) is 4.26. The van der Waals surface area contributed by atoms with Gasteiger partial charge in [-0.05, 0) is 19.8 Å². The molecule has 0 saturated carbocycles. The Morgan fingerprint density at radius 2 is 2.00 bits per heavy atom. The molecule has 1 fully saturated rings. The first-order chi connectivity index (χ1) is 6.91. The fourth-order valence-electron chi connectivity index (χ4n) is 1.71. The zero-order chi connectivity index (χ0) is 11.6. The molecule has 0 aromatic carbocycles. The van der Waals surface area contributed by atoms with Gasteiger partial charge in [0.15, 0.2) is 0 Å². The zero-order valence-corrected chi connectivity index (χ0v) is 9.27. The fourth-order valence-corrected chi connectivity index (χ4v) is 1.71. The standard InChI is InChI=1S/C10H17NO4/c1-6(2)15-10(14)11-4-7(3)8(5-11)9(12)13/h6-8H,4-5H2,1-3H3,(H,12,13)/t7-,8-/m1/s1. The van der Waals surface area contributed by atoms with Gasteiger partial charge in [-0.3, -0.25) is 4.79 Å². The van der Waals surface area contributed by atoms with Crippen LogP contribution in [0.15, 0.2) is 0 Å². The highest BCUT2D eigenvalue weighted by Gasteiger charge is 2.37. The van der Waals surface area contributed by atoms with Crippen molar-refractivity contribution in [3.8, 4) is 0 Å². The van der Waals surface area contributed by atoms with Gasteiger partial charge in [-0.25, -0.2) is 4.79 Å². The van der Waals surface area contributed by atoms with Gasteiger partial charge in [0.1, 0.15) is 0 Å². The van der Waals surface area contributed by atoms with Crippen LogP contribution in [0.1, 0.15) is 20.8 Å². The van der Waals surface area contributed by atoms with Gasteiger partial charge >= 0.3 is 12.1 Å². The molecular formula is C10H17NO4. The van der Waals surface area contributed by atoms with Gasteiger partial charge < -0.3 is 14.7 Å². The Bertz CT molecular complexity index is 264. The first kappa shape index (κ1) is 11.8. The van der Waals surface area contributed by atoms with Gasteiger partial charge in [-0.1, -0.05) is 6.92 Å². The number of nitrogens with zero attached hydrogens (tertiary/aromatic N) is 1. The average Bonchev–Trinajstić information content (AvgIpc) is 2.46. The summed E-state index contributed by atoms with van der Waals surface area (Å²) < 4.78 is 5.00. The molecule has 5 nitrogen and oxygen atoms in total. The zero-order valence-electron chi connectivity index (χ0n) is 9.27. The van der Waals surface area contributed by atoms with Gasteiger partial charge in [0.25, 0.3) is 0 Å².